The molecule has 96 valence electrons. The molecule has 5 nitrogen and oxygen atoms in total. The first-order valence-electron chi connectivity index (χ1n) is 6.04. The number of nitrogen functional groups attached to an aromatic ring is 1. The second kappa shape index (κ2) is 5.53. The van der Waals surface area contributed by atoms with Gasteiger partial charge in [0.25, 0.3) is 0 Å². The predicted molar refractivity (Wildman–Crippen MR) is 68.7 cm³/mol. The predicted octanol–water partition coefficient (Wildman–Crippen LogP) is 0.206. The van der Waals surface area contributed by atoms with Gasteiger partial charge >= 0.3 is 0 Å². The molecule has 1 saturated heterocycles. The van der Waals surface area contributed by atoms with Gasteiger partial charge in [-0.1, -0.05) is 18.2 Å². The zero-order chi connectivity index (χ0) is 13.0. The van der Waals surface area contributed by atoms with Crippen LogP contribution in [0.25, 0.3) is 0 Å². The molecule has 2 amide bonds. The van der Waals surface area contributed by atoms with Gasteiger partial charge in [0.1, 0.15) is 0 Å². The number of hydrogen-bond donors (Lipinski definition) is 3. The van der Waals surface area contributed by atoms with Crippen molar-refractivity contribution in [1.29, 1.82) is 0 Å². The molecular weight excluding hydrogens is 230 g/mol. The van der Waals surface area contributed by atoms with Crippen molar-refractivity contribution in [3.63, 3.8) is 0 Å². The molecule has 5 heteroatoms. The molecule has 0 saturated carbocycles. The van der Waals surface area contributed by atoms with Crippen LogP contribution in [0.4, 0.5) is 5.69 Å². The van der Waals surface area contributed by atoms with Crippen molar-refractivity contribution < 1.29 is 9.59 Å². The maximum atomic E-state index is 11.8. The Morgan fingerprint density at radius 1 is 1.44 bits per heavy atom. The van der Waals surface area contributed by atoms with Gasteiger partial charge in [0.15, 0.2) is 0 Å². The molecule has 0 bridgehead atoms. The molecular formula is C13H17N3O2. The molecule has 18 heavy (non-hydrogen) atoms. The summed E-state index contributed by atoms with van der Waals surface area (Å²) in [5.41, 5.74) is 7.24. The average molecular weight is 247 g/mol. The molecule has 1 atom stereocenters. The average Bonchev–Trinajstić information content (AvgIpc) is 2.35. The van der Waals surface area contributed by atoms with Crippen LogP contribution in [0.2, 0.25) is 0 Å². The zero-order valence-corrected chi connectivity index (χ0v) is 10.1. The van der Waals surface area contributed by atoms with E-state index >= 15 is 0 Å². The Labute approximate surface area is 106 Å². The van der Waals surface area contributed by atoms with E-state index in [-0.39, 0.29) is 24.3 Å². The zero-order valence-electron chi connectivity index (χ0n) is 10.1. The molecule has 1 aliphatic rings. The number of anilines is 1. The summed E-state index contributed by atoms with van der Waals surface area (Å²) in [5.74, 6) is -0.0122. The van der Waals surface area contributed by atoms with E-state index in [1.807, 2.05) is 18.2 Å². The molecule has 4 N–H and O–H groups in total. The maximum Gasteiger partial charge on any atom is 0.224 e. The number of para-hydroxylation sites is 1. The Bertz CT molecular complexity index is 449. The molecule has 0 radical (unpaired) electrons. The molecule has 1 heterocycles. The second-order valence-corrected chi connectivity index (χ2v) is 4.48. The number of nitrogens with two attached hydrogens (primary N) is 1. The van der Waals surface area contributed by atoms with Crippen molar-refractivity contribution in [1.82, 2.24) is 10.6 Å². The number of rotatable bonds is 3. The third-order valence-corrected chi connectivity index (χ3v) is 3.04. The Balaban J connectivity index is 1.86. The monoisotopic (exact) mass is 247 g/mol. The van der Waals surface area contributed by atoms with Gasteiger partial charge < -0.3 is 16.4 Å². The van der Waals surface area contributed by atoms with Gasteiger partial charge in [-0.15, -0.1) is 0 Å². The first kappa shape index (κ1) is 12.4. The largest absolute Gasteiger partial charge is 0.398 e. The number of nitrogens with one attached hydrogen (secondary N) is 2. The third-order valence-electron chi connectivity index (χ3n) is 3.04. The Morgan fingerprint density at radius 2 is 2.22 bits per heavy atom. The number of carbonyl (C=O) groups is 2. The molecule has 1 fully saturated rings. The molecule has 0 aliphatic carbocycles. The first-order chi connectivity index (χ1) is 8.65. The Hall–Kier alpha value is -2.04. The van der Waals surface area contributed by atoms with Crippen molar-refractivity contribution in [2.75, 3.05) is 12.3 Å². The summed E-state index contributed by atoms with van der Waals surface area (Å²) >= 11 is 0. The van der Waals surface area contributed by atoms with E-state index in [4.69, 9.17) is 5.73 Å². The van der Waals surface area contributed by atoms with E-state index < -0.39 is 0 Å². The minimum absolute atomic E-state index is 0.0279. The molecule has 1 unspecified atom stereocenters. The molecule has 1 aromatic rings. The topological polar surface area (TPSA) is 84.2 Å². The molecule has 2 rings (SSSR count). The van der Waals surface area contributed by atoms with Crippen LogP contribution in [0, 0.1) is 0 Å². The van der Waals surface area contributed by atoms with Crippen LogP contribution in [-0.4, -0.2) is 24.4 Å². The summed E-state index contributed by atoms with van der Waals surface area (Å²) in [7, 11) is 0. The Kier molecular flexibility index (Phi) is 3.82. The number of hydrogen-bond acceptors (Lipinski definition) is 3. The van der Waals surface area contributed by atoms with E-state index in [2.05, 4.69) is 10.6 Å². The van der Waals surface area contributed by atoms with Crippen LogP contribution in [0.15, 0.2) is 24.3 Å². The number of piperidine rings is 1. The van der Waals surface area contributed by atoms with Gasteiger partial charge in [0.05, 0.1) is 6.42 Å². The molecule has 0 aromatic heterocycles. The highest BCUT2D eigenvalue weighted by atomic mass is 16.2. The van der Waals surface area contributed by atoms with Gasteiger partial charge in [-0.05, 0) is 18.1 Å². The summed E-state index contributed by atoms with van der Waals surface area (Å²) < 4.78 is 0. The smallest absolute Gasteiger partial charge is 0.224 e. The van der Waals surface area contributed by atoms with Crippen LogP contribution in [-0.2, 0) is 16.0 Å². The van der Waals surface area contributed by atoms with E-state index in [1.165, 1.54) is 0 Å². The van der Waals surface area contributed by atoms with E-state index in [0.717, 1.165) is 5.56 Å². The van der Waals surface area contributed by atoms with Crippen molar-refractivity contribution in [3.05, 3.63) is 29.8 Å². The highest BCUT2D eigenvalue weighted by molar-refractivity contribution is 5.81. The lowest BCUT2D eigenvalue weighted by Crippen LogP contribution is -2.48. The van der Waals surface area contributed by atoms with Crippen molar-refractivity contribution in [2.45, 2.75) is 25.3 Å². The fourth-order valence-electron chi connectivity index (χ4n) is 2.00. The normalized spacial score (nSPS) is 19.1. The lowest BCUT2D eigenvalue weighted by Gasteiger charge is -2.23. The fraction of sp³-hybridized carbons (Fsp3) is 0.385. The van der Waals surface area contributed by atoms with Gasteiger partial charge in [0.2, 0.25) is 11.8 Å². The van der Waals surface area contributed by atoms with Gasteiger partial charge in [-0.25, -0.2) is 0 Å². The van der Waals surface area contributed by atoms with Crippen molar-refractivity contribution >= 4 is 17.5 Å². The van der Waals surface area contributed by atoms with Crippen LogP contribution < -0.4 is 16.4 Å². The highest BCUT2D eigenvalue weighted by Crippen LogP contribution is 2.11. The summed E-state index contributed by atoms with van der Waals surface area (Å²) in [6, 6.07) is 7.36. The lowest BCUT2D eigenvalue weighted by molar-refractivity contribution is -0.125. The second-order valence-electron chi connectivity index (χ2n) is 4.48. The van der Waals surface area contributed by atoms with Gasteiger partial charge in [-0.3, -0.25) is 9.59 Å². The summed E-state index contributed by atoms with van der Waals surface area (Å²) in [6.45, 7) is 0.509. The van der Waals surface area contributed by atoms with Gasteiger partial charge in [-0.2, -0.15) is 0 Å². The minimum atomic E-state index is -0.0611. The Morgan fingerprint density at radius 3 is 2.89 bits per heavy atom. The highest BCUT2D eigenvalue weighted by Gasteiger charge is 2.19. The lowest BCUT2D eigenvalue weighted by atomic mass is 10.1. The molecule has 0 spiro atoms. The van der Waals surface area contributed by atoms with Crippen LogP contribution in [0.1, 0.15) is 18.4 Å². The van der Waals surface area contributed by atoms with Crippen molar-refractivity contribution in [2.24, 2.45) is 0 Å². The summed E-state index contributed by atoms with van der Waals surface area (Å²) in [4.78, 5) is 22.8. The minimum Gasteiger partial charge on any atom is -0.398 e. The molecule has 1 aliphatic heterocycles. The summed E-state index contributed by atoms with van der Waals surface area (Å²) in [6.07, 6.45) is 1.44. The fourth-order valence-corrected chi connectivity index (χ4v) is 2.00. The third kappa shape index (κ3) is 3.23. The van der Waals surface area contributed by atoms with E-state index in [1.54, 1.807) is 6.07 Å². The van der Waals surface area contributed by atoms with Crippen LogP contribution in [0.3, 0.4) is 0 Å². The number of amides is 2. The van der Waals surface area contributed by atoms with Gasteiger partial charge in [0, 0.05) is 24.7 Å². The van der Waals surface area contributed by atoms with E-state index in [9.17, 15) is 9.59 Å². The van der Waals surface area contributed by atoms with Crippen LogP contribution in [0.5, 0.6) is 0 Å². The molecule has 1 aromatic carbocycles. The first-order valence-corrected chi connectivity index (χ1v) is 6.04. The van der Waals surface area contributed by atoms with E-state index in [0.29, 0.717) is 25.1 Å². The summed E-state index contributed by atoms with van der Waals surface area (Å²) in [5, 5.41) is 5.64. The quantitative estimate of drug-likeness (QED) is 0.667. The van der Waals surface area contributed by atoms with Crippen molar-refractivity contribution in [3.8, 4) is 0 Å². The maximum absolute atomic E-state index is 11.8. The number of benzene rings is 1. The number of carbonyl (C=O) groups excluding carboxylic acids is 2. The SMILES string of the molecule is Nc1ccccc1CC(=O)NC1CCC(=O)NC1. The van der Waals surface area contributed by atoms with Crippen LogP contribution >= 0.6 is 0 Å². The standard InChI is InChI=1S/C13H17N3O2/c14-11-4-2-1-3-9(11)7-13(18)16-10-5-6-12(17)15-8-10/h1-4,10H,5-8,14H2,(H,15,17)(H,16,18).